The molecule has 0 radical (unpaired) electrons. The second-order valence-electron chi connectivity index (χ2n) is 6.28. The number of carbonyl (C=O) groups excluding carboxylic acids is 1. The molecule has 0 aliphatic heterocycles. The summed E-state index contributed by atoms with van der Waals surface area (Å²) in [4.78, 5) is 13.0. The summed E-state index contributed by atoms with van der Waals surface area (Å²) >= 11 is 6.50. The minimum atomic E-state index is -3.85. The third-order valence-corrected chi connectivity index (χ3v) is 7.95. The van der Waals surface area contributed by atoms with E-state index in [-0.39, 0.29) is 10.7 Å². The summed E-state index contributed by atoms with van der Waals surface area (Å²) in [6, 6.07) is 21.5. The van der Waals surface area contributed by atoms with Crippen molar-refractivity contribution >= 4 is 89.5 Å². The topological polar surface area (TPSA) is 51.2 Å². The first-order valence-corrected chi connectivity index (χ1v) is 13.4. The Morgan fingerprint density at radius 2 is 1.17 bits per heavy atom. The van der Waals surface area contributed by atoms with Gasteiger partial charge in [0.15, 0.2) is 9.84 Å². The monoisotopic (exact) mass is 740 g/mol. The zero-order chi connectivity index (χ0) is 21.0. The Balaban J connectivity index is 2.05. The molecule has 148 valence electrons. The summed E-state index contributed by atoms with van der Waals surface area (Å²) in [6.45, 7) is 0. The van der Waals surface area contributed by atoms with Gasteiger partial charge in [-0.3, -0.25) is 4.79 Å². The van der Waals surface area contributed by atoms with Gasteiger partial charge in [0.05, 0.1) is 5.75 Å². The molecule has 0 saturated carbocycles. The van der Waals surface area contributed by atoms with Crippen molar-refractivity contribution in [3.63, 3.8) is 0 Å². The first-order chi connectivity index (χ1) is 13.7. The van der Waals surface area contributed by atoms with Crippen LogP contribution in [0.4, 0.5) is 0 Å². The number of halogens is 3. The van der Waals surface area contributed by atoms with Crippen LogP contribution in [0.2, 0.25) is 0 Å². The molecule has 0 spiro atoms. The van der Waals surface area contributed by atoms with Crippen LogP contribution in [0.5, 0.6) is 0 Å². The average molecular weight is 740 g/mol. The van der Waals surface area contributed by atoms with Crippen LogP contribution in [-0.4, -0.2) is 14.2 Å². The Bertz CT molecular complexity index is 1150. The highest BCUT2D eigenvalue weighted by molar-refractivity contribution is 14.1. The molecular formula is C22H15I3O3S. The number of carbonyl (C=O) groups is 1. The SMILES string of the molecule is O=C(/C(=C/c1ccc(I)cc1)S(=O)(=O)Cc1ccc(I)cc1)c1ccc(I)cc1. The number of sulfone groups is 1. The molecule has 3 rings (SSSR count). The standard InChI is InChI=1S/C22H15I3O3S/c23-18-7-1-15(2-8-18)13-21(22(26)17-5-11-20(25)12-6-17)29(27,28)14-16-3-9-19(24)10-4-16/h1-13H,14H2/b21-13-. The van der Waals surface area contributed by atoms with Crippen molar-refractivity contribution in [1.82, 2.24) is 0 Å². The van der Waals surface area contributed by atoms with Crippen LogP contribution >= 0.6 is 67.8 Å². The molecule has 0 heterocycles. The van der Waals surface area contributed by atoms with Crippen LogP contribution < -0.4 is 0 Å². The van der Waals surface area contributed by atoms with E-state index in [0.717, 1.165) is 10.7 Å². The van der Waals surface area contributed by atoms with E-state index >= 15 is 0 Å². The fourth-order valence-corrected chi connectivity index (χ4v) is 5.21. The van der Waals surface area contributed by atoms with E-state index in [1.807, 2.05) is 36.4 Å². The van der Waals surface area contributed by atoms with Gasteiger partial charge in [0.2, 0.25) is 5.78 Å². The van der Waals surface area contributed by atoms with Crippen LogP contribution in [0.15, 0.2) is 77.7 Å². The molecule has 7 heteroatoms. The zero-order valence-corrected chi connectivity index (χ0v) is 22.3. The van der Waals surface area contributed by atoms with Crippen LogP contribution in [0.25, 0.3) is 6.08 Å². The Kier molecular flexibility index (Phi) is 7.90. The predicted octanol–water partition coefficient (Wildman–Crippen LogP) is 6.34. The lowest BCUT2D eigenvalue weighted by atomic mass is 10.1. The summed E-state index contributed by atoms with van der Waals surface area (Å²) < 4.78 is 29.5. The summed E-state index contributed by atoms with van der Waals surface area (Å²) in [5.74, 6) is -0.721. The maximum absolute atomic E-state index is 13.2. The highest BCUT2D eigenvalue weighted by Gasteiger charge is 2.26. The number of hydrogen-bond acceptors (Lipinski definition) is 3. The number of rotatable bonds is 6. The highest BCUT2D eigenvalue weighted by atomic mass is 127. The zero-order valence-electron chi connectivity index (χ0n) is 15.0. The van der Waals surface area contributed by atoms with Crippen molar-refractivity contribution in [2.45, 2.75) is 5.75 Å². The van der Waals surface area contributed by atoms with Crippen molar-refractivity contribution < 1.29 is 13.2 Å². The van der Waals surface area contributed by atoms with Crippen molar-refractivity contribution in [3.8, 4) is 0 Å². The van der Waals surface area contributed by atoms with Crippen LogP contribution in [0.3, 0.4) is 0 Å². The second-order valence-corrected chi connectivity index (χ2v) is 12.0. The molecule has 0 aliphatic carbocycles. The quantitative estimate of drug-likeness (QED) is 0.169. The number of Topliss-reactive ketones (excluding diaryl/α,β-unsaturated/α-hetero) is 1. The minimum Gasteiger partial charge on any atom is -0.288 e. The van der Waals surface area contributed by atoms with Gasteiger partial charge >= 0.3 is 0 Å². The fraction of sp³-hybridized carbons (Fsp3) is 0.0455. The van der Waals surface area contributed by atoms with Gasteiger partial charge in [-0.05, 0) is 134 Å². The molecule has 3 aromatic carbocycles. The first-order valence-electron chi connectivity index (χ1n) is 8.49. The summed E-state index contributed by atoms with van der Waals surface area (Å²) in [5.41, 5.74) is 1.67. The predicted molar refractivity (Wildman–Crippen MR) is 142 cm³/mol. The maximum atomic E-state index is 13.2. The third-order valence-electron chi connectivity index (χ3n) is 4.10. The van der Waals surface area contributed by atoms with Crippen molar-refractivity contribution in [3.05, 3.63) is 105 Å². The van der Waals surface area contributed by atoms with Gasteiger partial charge in [0, 0.05) is 16.3 Å². The molecule has 0 amide bonds. The van der Waals surface area contributed by atoms with Gasteiger partial charge in [0.25, 0.3) is 0 Å². The highest BCUT2D eigenvalue weighted by Crippen LogP contribution is 2.23. The normalized spacial score (nSPS) is 12.0. The molecule has 0 fully saturated rings. The smallest absolute Gasteiger partial charge is 0.204 e. The Morgan fingerprint density at radius 3 is 1.69 bits per heavy atom. The molecule has 3 nitrogen and oxygen atoms in total. The molecule has 0 aromatic heterocycles. The minimum absolute atomic E-state index is 0.196. The van der Waals surface area contributed by atoms with Gasteiger partial charge in [0.1, 0.15) is 4.91 Å². The summed E-state index contributed by atoms with van der Waals surface area (Å²) in [6.07, 6.45) is 1.47. The Labute approximate surface area is 211 Å². The molecule has 29 heavy (non-hydrogen) atoms. The number of hydrogen-bond donors (Lipinski definition) is 0. The van der Waals surface area contributed by atoms with Gasteiger partial charge < -0.3 is 0 Å². The lowest BCUT2D eigenvalue weighted by Crippen LogP contribution is -2.16. The van der Waals surface area contributed by atoms with Crippen LogP contribution in [0, 0.1) is 10.7 Å². The van der Waals surface area contributed by atoms with Crippen molar-refractivity contribution in [2.24, 2.45) is 0 Å². The molecule has 0 N–H and O–H groups in total. The summed E-state index contributed by atoms with van der Waals surface area (Å²) in [7, 11) is -3.85. The van der Waals surface area contributed by atoms with Crippen LogP contribution in [0.1, 0.15) is 21.5 Å². The molecule has 0 bridgehead atoms. The number of ketones is 1. The van der Waals surface area contributed by atoms with Gasteiger partial charge in [-0.2, -0.15) is 0 Å². The van der Waals surface area contributed by atoms with Gasteiger partial charge in [-0.1, -0.05) is 24.3 Å². The van der Waals surface area contributed by atoms with Crippen LogP contribution in [-0.2, 0) is 15.6 Å². The maximum Gasteiger partial charge on any atom is 0.204 e. The molecule has 0 saturated heterocycles. The number of allylic oxidation sites excluding steroid dienone is 1. The van der Waals surface area contributed by atoms with Crippen molar-refractivity contribution in [2.75, 3.05) is 0 Å². The van der Waals surface area contributed by atoms with Crippen molar-refractivity contribution in [1.29, 1.82) is 0 Å². The van der Waals surface area contributed by atoms with E-state index in [0.29, 0.717) is 16.7 Å². The Hall–Kier alpha value is -0.790. The lowest BCUT2D eigenvalue weighted by Gasteiger charge is -2.10. The van der Waals surface area contributed by atoms with E-state index in [2.05, 4.69) is 67.8 Å². The second kappa shape index (κ2) is 10.0. The van der Waals surface area contributed by atoms with E-state index in [1.54, 1.807) is 36.4 Å². The molecular weight excluding hydrogens is 725 g/mol. The third kappa shape index (κ3) is 6.34. The van der Waals surface area contributed by atoms with E-state index in [1.165, 1.54) is 6.08 Å². The first kappa shape index (κ1) is 22.9. The summed E-state index contributed by atoms with van der Waals surface area (Å²) in [5, 5.41) is 0. The average Bonchev–Trinajstić information content (AvgIpc) is 2.69. The Morgan fingerprint density at radius 1 is 0.724 bits per heavy atom. The van der Waals surface area contributed by atoms with Gasteiger partial charge in [-0.15, -0.1) is 0 Å². The van der Waals surface area contributed by atoms with E-state index in [9.17, 15) is 13.2 Å². The van der Waals surface area contributed by atoms with E-state index < -0.39 is 15.6 Å². The molecule has 0 atom stereocenters. The molecule has 0 aliphatic rings. The molecule has 0 unspecified atom stereocenters. The van der Waals surface area contributed by atoms with Gasteiger partial charge in [-0.25, -0.2) is 8.42 Å². The largest absolute Gasteiger partial charge is 0.288 e. The fourth-order valence-electron chi connectivity index (χ4n) is 2.63. The number of benzene rings is 3. The lowest BCUT2D eigenvalue weighted by molar-refractivity contribution is 0.104. The van der Waals surface area contributed by atoms with E-state index in [4.69, 9.17) is 0 Å². The molecule has 3 aromatic rings.